The topological polar surface area (TPSA) is 56.6 Å². The molecule has 0 aliphatic heterocycles. The Morgan fingerprint density at radius 1 is 1.18 bits per heavy atom. The number of hydrogen-bond donors (Lipinski definition) is 0. The summed E-state index contributed by atoms with van der Waals surface area (Å²) in [6.07, 6.45) is 0. The second-order valence-electron chi connectivity index (χ2n) is 6.48. The van der Waals surface area contributed by atoms with Crippen molar-refractivity contribution in [2.75, 3.05) is 40.5 Å². The molecule has 0 fully saturated rings. The number of halogens is 1. The summed E-state index contributed by atoms with van der Waals surface area (Å²) in [5.41, 5.74) is 1.82. The minimum atomic E-state index is -0.262. The van der Waals surface area contributed by atoms with Gasteiger partial charge in [0.2, 0.25) is 0 Å². The summed E-state index contributed by atoms with van der Waals surface area (Å²) in [7, 11) is 3.23. The van der Waals surface area contributed by atoms with Gasteiger partial charge in [0, 0.05) is 32.7 Å². The molecule has 0 bridgehead atoms. The first-order valence-electron chi connectivity index (χ1n) is 9.02. The smallest absolute Gasteiger partial charge is 0.264 e. The molecule has 6 nitrogen and oxygen atoms in total. The average molecular weight is 405 g/mol. The van der Waals surface area contributed by atoms with Crippen molar-refractivity contribution in [3.63, 3.8) is 0 Å². The van der Waals surface area contributed by atoms with Crippen LogP contribution in [0.15, 0.2) is 30.3 Å². The summed E-state index contributed by atoms with van der Waals surface area (Å²) < 4.78 is 25.3. The van der Waals surface area contributed by atoms with Crippen molar-refractivity contribution in [2.24, 2.45) is 0 Å². The van der Waals surface area contributed by atoms with E-state index in [2.05, 4.69) is 5.10 Å². The Morgan fingerprint density at radius 3 is 2.43 bits per heavy atom. The van der Waals surface area contributed by atoms with Gasteiger partial charge in [-0.25, -0.2) is 4.39 Å². The van der Waals surface area contributed by atoms with Crippen LogP contribution >= 0.6 is 11.3 Å². The molecule has 3 rings (SSSR count). The van der Waals surface area contributed by atoms with Crippen LogP contribution in [-0.4, -0.2) is 61.1 Å². The predicted molar refractivity (Wildman–Crippen MR) is 108 cm³/mol. The quantitative estimate of drug-likeness (QED) is 0.548. The number of amides is 1. The van der Waals surface area contributed by atoms with Crippen molar-refractivity contribution >= 4 is 27.5 Å². The number of rotatable bonds is 9. The highest BCUT2D eigenvalue weighted by molar-refractivity contribution is 7.20. The zero-order valence-electron chi connectivity index (χ0n) is 16.3. The van der Waals surface area contributed by atoms with E-state index in [0.717, 1.165) is 21.5 Å². The molecule has 28 heavy (non-hydrogen) atoms. The minimum absolute atomic E-state index is 0.0389. The molecule has 0 aliphatic carbocycles. The van der Waals surface area contributed by atoms with Crippen molar-refractivity contribution in [3.8, 4) is 0 Å². The second-order valence-corrected chi connectivity index (χ2v) is 7.51. The van der Waals surface area contributed by atoms with Gasteiger partial charge in [-0.1, -0.05) is 12.1 Å². The van der Waals surface area contributed by atoms with E-state index in [9.17, 15) is 9.18 Å². The Morgan fingerprint density at radius 2 is 1.82 bits per heavy atom. The first-order chi connectivity index (χ1) is 13.5. The Hall–Kier alpha value is -2.29. The van der Waals surface area contributed by atoms with Gasteiger partial charge in [0.25, 0.3) is 5.91 Å². The number of methoxy groups -OCH3 is 2. The average Bonchev–Trinajstić information content (AvgIpc) is 3.25. The molecule has 8 heteroatoms. The number of aryl methyl sites for hydroxylation is 1. The maximum atomic E-state index is 13.1. The molecule has 2 heterocycles. The van der Waals surface area contributed by atoms with Gasteiger partial charge in [0.15, 0.2) is 0 Å². The zero-order valence-corrected chi connectivity index (χ0v) is 17.1. The molecule has 0 spiro atoms. The number of carbonyl (C=O) groups excluding carboxylic acids is 1. The van der Waals surface area contributed by atoms with Crippen LogP contribution in [0.5, 0.6) is 0 Å². The highest BCUT2D eigenvalue weighted by Crippen LogP contribution is 2.29. The van der Waals surface area contributed by atoms with E-state index in [0.29, 0.717) is 37.7 Å². The molecule has 0 saturated carbocycles. The third-order valence-electron chi connectivity index (χ3n) is 4.48. The molecule has 0 radical (unpaired) electrons. The van der Waals surface area contributed by atoms with Crippen LogP contribution in [0, 0.1) is 12.7 Å². The Labute approximate surface area is 167 Å². The molecule has 1 amide bonds. The number of thiophene rings is 1. The fourth-order valence-corrected chi connectivity index (χ4v) is 4.09. The molecular weight excluding hydrogens is 381 g/mol. The van der Waals surface area contributed by atoms with Crippen LogP contribution in [0.4, 0.5) is 4.39 Å². The molecule has 3 aromatic rings. The van der Waals surface area contributed by atoms with Crippen molar-refractivity contribution in [3.05, 3.63) is 52.3 Å². The van der Waals surface area contributed by atoms with Gasteiger partial charge in [-0.2, -0.15) is 5.10 Å². The standard InChI is InChI=1S/C20H24FN3O3S/c1-14-17-12-18(19(25)23(8-10-26-2)9-11-27-3)28-20(17)24(22-14)13-15-4-6-16(21)7-5-15/h4-7,12H,8-11,13H2,1-3H3. The molecule has 0 aliphatic rings. The largest absolute Gasteiger partial charge is 0.383 e. The van der Waals surface area contributed by atoms with Gasteiger partial charge in [-0.15, -0.1) is 11.3 Å². The number of fused-ring (bicyclic) bond motifs is 1. The lowest BCUT2D eigenvalue weighted by Crippen LogP contribution is -2.36. The number of carbonyl (C=O) groups is 1. The summed E-state index contributed by atoms with van der Waals surface area (Å²) in [4.78, 5) is 16.3. The van der Waals surface area contributed by atoms with Gasteiger partial charge in [-0.3, -0.25) is 9.48 Å². The summed E-state index contributed by atoms with van der Waals surface area (Å²) >= 11 is 1.42. The molecule has 0 saturated heterocycles. The van der Waals surface area contributed by atoms with E-state index in [1.165, 1.54) is 23.5 Å². The molecule has 0 atom stereocenters. The molecule has 150 valence electrons. The fraction of sp³-hybridized carbons (Fsp3) is 0.400. The first kappa shape index (κ1) is 20.4. The number of benzene rings is 1. The highest BCUT2D eigenvalue weighted by atomic mass is 32.1. The van der Waals surface area contributed by atoms with Crippen LogP contribution in [0.1, 0.15) is 20.9 Å². The van der Waals surface area contributed by atoms with Crippen molar-refractivity contribution in [1.82, 2.24) is 14.7 Å². The number of nitrogens with zero attached hydrogens (tertiary/aromatic N) is 3. The number of aromatic nitrogens is 2. The van der Waals surface area contributed by atoms with Gasteiger partial charge < -0.3 is 14.4 Å². The van der Waals surface area contributed by atoms with Crippen LogP contribution < -0.4 is 0 Å². The monoisotopic (exact) mass is 405 g/mol. The third-order valence-corrected chi connectivity index (χ3v) is 5.62. The van der Waals surface area contributed by atoms with Crippen LogP contribution in [0.25, 0.3) is 10.2 Å². The second kappa shape index (κ2) is 9.27. The van der Waals surface area contributed by atoms with Crippen LogP contribution in [-0.2, 0) is 16.0 Å². The third kappa shape index (κ3) is 4.57. The SMILES string of the molecule is COCCN(CCOC)C(=O)c1cc2c(C)nn(Cc3ccc(F)cc3)c2s1. The van der Waals surface area contributed by atoms with E-state index >= 15 is 0 Å². The van der Waals surface area contributed by atoms with Crippen LogP contribution in [0.3, 0.4) is 0 Å². The molecular formula is C20H24FN3O3S. The van der Waals surface area contributed by atoms with Crippen molar-refractivity contribution < 1.29 is 18.7 Å². The molecule has 2 aromatic heterocycles. The van der Waals surface area contributed by atoms with Gasteiger partial charge in [0.1, 0.15) is 10.6 Å². The van der Waals surface area contributed by atoms with E-state index in [1.807, 2.05) is 17.7 Å². The highest BCUT2D eigenvalue weighted by Gasteiger charge is 2.21. The van der Waals surface area contributed by atoms with Crippen molar-refractivity contribution in [2.45, 2.75) is 13.5 Å². The van der Waals surface area contributed by atoms with Crippen molar-refractivity contribution in [1.29, 1.82) is 0 Å². The van der Waals surface area contributed by atoms with Gasteiger partial charge in [0.05, 0.1) is 30.3 Å². The lowest BCUT2D eigenvalue weighted by atomic mass is 10.2. The first-order valence-corrected chi connectivity index (χ1v) is 9.83. The van der Waals surface area contributed by atoms with E-state index in [1.54, 1.807) is 31.3 Å². The molecule has 0 N–H and O–H groups in total. The Balaban J connectivity index is 1.86. The zero-order chi connectivity index (χ0) is 20.1. The predicted octanol–water partition coefficient (Wildman–Crippen LogP) is 3.33. The van der Waals surface area contributed by atoms with Gasteiger partial charge >= 0.3 is 0 Å². The molecule has 1 aromatic carbocycles. The van der Waals surface area contributed by atoms with E-state index < -0.39 is 0 Å². The van der Waals surface area contributed by atoms with E-state index in [-0.39, 0.29) is 11.7 Å². The normalized spacial score (nSPS) is 11.3. The fourth-order valence-electron chi connectivity index (χ4n) is 2.96. The maximum Gasteiger partial charge on any atom is 0.264 e. The number of ether oxygens (including phenoxy) is 2. The van der Waals surface area contributed by atoms with Crippen LogP contribution in [0.2, 0.25) is 0 Å². The summed E-state index contributed by atoms with van der Waals surface area (Å²) in [5.74, 6) is -0.301. The lowest BCUT2D eigenvalue weighted by molar-refractivity contribution is 0.0632. The lowest BCUT2D eigenvalue weighted by Gasteiger charge is -2.21. The summed E-state index contributed by atoms with van der Waals surface area (Å²) in [6.45, 7) is 4.41. The minimum Gasteiger partial charge on any atom is -0.383 e. The number of hydrogen-bond acceptors (Lipinski definition) is 5. The maximum absolute atomic E-state index is 13.1. The molecule has 0 unspecified atom stereocenters. The Bertz CT molecular complexity index is 928. The van der Waals surface area contributed by atoms with E-state index in [4.69, 9.17) is 9.47 Å². The summed E-state index contributed by atoms with van der Waals surface area (Å²) in [5, 5.41) is 5.55. The van der Waals surface area contributed by atoms with Gasteiger partial charge in [-0.05, 0) is 30.7 Å². The summed E-state index contributed by atoms with van der Waals surface area (Å²) in [6, 6.07) is 8.27. The Kier molecular flexibility index (Phi) is 6.77.